The molecule has 3 aromatic rings. The van der Waals surface area contributed by atoms with E-state index in [-0.39, 0.29) is 21.7 Å². The van der Waals surface area contributed by atoms with Gasteiger partial charge in [-0.15, -0.1) is 10.2 Å². The van der Waals surface area contributed by atoms with Gasteiger partial charge in [0.25, 0.3) is 16.2 Å². The van der Waals surface area contributed by atoms with Gasteiger partial charge in [0.05, 0.1) is 16.1 Å². The van der Waals surface area contributed by atoms with Crippen molar-refractivity contribution in [1.82, 2.24) is 19.8 Å². The molecule has 2 amide bonds. The second kappa shape index (κ2) is 20.3. The minimum Gasteiger partial charge on any atom is -0.334 e. The number of nitrogens with zero attached hydrogens (tertiary/aromatic N) is 9. The Bertz CT molecular complexity index is 2050. The van der Waals surface area contributed by atoms with Crippen LogP contribution in [-0.2, 0) is 0 Å². The maximum absolute atomic E-state index is 12.8. The lowest BCUT2D eigenvalue weighted by Gasteiger charge is -2.17. The smallest absolute Gasteiger partial charge is 0.286 e. The van der Waals surface area contributed by atoms with E-state index >= 15 is 0 Å². The summed E-state index contributed by atoms with van der Waals surface area (Å²) in [6.07, 6.45) is 4.18. The molecular formula is C40H45N9O4S2. The van der Waals surface area contributed by atoms with Gasteiger partial charge in [-0.05, 0) is 125 Å². The van der Waals surface area contributed by atoms with Gasteiger partial charge in [0.15, 0.2) is 0 Å². The Morgan fingerprint density at radius 3 is 1.51 bits per heavy atom. The monoisotopic (exact) mass is 779 g/mol. The summed E-state index contributed by atoms with van der Waals surface area (Å²) in [5, 5.41) is 33.7. The number of thioether (sulfide) groups is 2. The average Bonchev–Trinajstić information content (AvgIpc) is 3.92. The number of rotatable bonds is 11. The molecule has 0 unspecified atom stereocenters. The first-order valence-electron chi connectivity index (χ1n) is 18.6. The third-order valence-corrected chi connectivity index (χ3v) is 10.8. The molecule has 0 N–H and O–H groups in total. The minimum atomic E-state index is -0.476. The first-order valence-corrected chi connectivity index (χ1v) is 20.2. The van der Waals surface area contributed by atoms with E-state index in [1.165, 1.54) is 6.07 Å². The maximum atomic E-state index is 12.8. The SMILES string of the molecule is CCN(CC)C(=O)Sc1ccc(C#Cc2ccc(C#Cc3ccc(SC(=O)N(CC)CC)cc3N=NN3CCCC3)c([N+](=O)[O-])c2)c(N=NN2CCCC2)c1. The lowest BCUT2D eigenvalue weighted by Crippen LogP contribution is -2.26. The molecule has 2 fully saturated rings. The van der Waals surface area contributed by atoms with E-state index in [4.69, 9.17) is 0 Å². The molecule has 0 radical (unpaired) electrons. The van der Waals surface area contributed by atoms with Crippen LogP contribution < -0.4 is 0 Å². The van der Waals surface area contributed by atoms with E-state index in [9.17, 15) is 19.7 Å². The Morgan fingerprint density at radius 2 is 1.07 bits per heavy atom. The third-order valence-electron chi connectivity index (χ3n) is 8.98. The third kappa shape index (κ3) is 11.6. The number of hydrogen-bond donors (Lipinski definition) is 0. The maximum Gasteiger partial charge on any atom is 0.286 e. The van der Waals surface area contributed by atoms with Gasteiger partial charge in [-0.25, -0.2) is 0 Å². The van der Waals surface area contributed by atoms with E-state index in [1.54, 1.807) is 52.3 Å². The lowest BCUT2D eigenvalue weighted by atomic mass is 10.1. The highest BCUT2D eigenvalue weighted by Crippen LogP contribution is 2.31. The van der Waals surface area contributed by atoms with Crippen LogP contribution in [0.2, 0.25) is 0 Å². The number of carbonyl (C=O) groups is 2. The molecule has 0 saturated carbocycles. The fourth-order valence-corrected chi connectivity index (χ4v) is 7.56. The van der Waals surface area contributed by atoms with E-state index < -0.39 is 4.92 Å². The summed E-state index contributed by atoms with van der Waals surface area (Å²) in [4.78, 5) is 42.3. The van der Waals surface area contributed by atoms with Crippen LogP contribution in [-0.4, -0.2) is 87.6 Å². The first kappa shape index (κ1) is 40.8. The molecule has 55 heavy (non-hydrogen) atoms. The molecule has 0 bridgehead atoms. The van der Waals surface area contributed by atoms with E-state index in [0.29, 0.717) is 59.1 Å². The van der Waals surface area contributed by atoms with Crippen LogP contribution in [0.15, 0.2) is 85.1 Å². The van der Waals surface area contributed by atoms with Crippen LogP contribution in [0.25, 0.3) is 0 Å². The molecule has 0 aliphatic carbocycles. The predicted molar refractivity (Wildman–Crippen MR) is 217 cm³/mol. The molecule has 2 saturated heterocycles. The number of amides is 2. The van der Waals surface area contributed by atoms with Gasteiger partial charge in [-0.2, -0.15) is 0 Å². The van der Waals surface area contributed by atoms with Crippen molar-refractivity contribution < 1.29 is 14.5 Å². The second-order valence-corrected chi connectivity index (χ2v) is 14.7. The van der Waals surface area contributed by atoms with Crippen LogP contribution >= 0.6 is 23.5 Å². The summed E-state index contributed by atoms with van der Waals surface area (Å²) in [6.45, 7) is 13.5. The zero-order chi connectivity index (χ0) is 39.2. The van der Waals surface area contributed by atoms with Crippen molar-refractivity contribution >= 4 is 51.1 Å². The van der Waals surface area contributed by atoms with Gasteiger partial charge in [0.2, 0.25) is 0 Å². The summed E-state index contributed by atoms with van der Waals surface area (Å²) >= 11 is 2.24. The van der Waals surface area contributed by atoms with Gasteiger partial charge < -0.3 is 9.80 Å². The Hall–Kier alpha value is -5.38. The average molecular weight is 780 g/mol. The Labute approximate surface area is 331 Å². The fraction of sp³-hybridized carbons (Fsp3) is 0.400. The van der Waals surface area contributed by atoms with Crippen molar-refractivity contribution in [3.63, 3.8) is 0 Å². The second-order valence-electron chi connectivity index (χ2n) is 12.6. The van der Waals surface area contributed by atoms with Crippen molar-refractivity contribution in [3.8, 4) is 23.7 Å². The van der Waals surface area contributed by atoms with Gasteiger partial charge in [-0.3, -0.25) is 29.7 Å². The van der Waals surface area contributed by atoms with Crippen molar-refractivity contribution in [1.29, 1.82) is 0 Å². The molecule has 0 aromatic heterocycles. The zero-order valence-electron chi connectivity index (χ0n) is 31.7. The molecule has 3 aromatic carbocycles. The highest BCUT2D eigenvalue weighted by atomic mass is 32.2. The number of benzene rings is 3. The topological polar surface area (TPSA) is 140 Å². The molecule has 15 heteroatoms. The molecule has 5 rings (SSSR count). The summed E-state index contributed by atoms with van der Waals surface area (Å²) in [7, 11) is 0. The molecule has 0 spiro atoms. The van der Waals surface area contributed by atoms with Crippen LogP contribution in [0.5, 0.6) is 0 Å². The van der Waals surface area contributed by atoms with Crippen molar-refractivity contribution in [3.05, 3.63) is 87.0 Å². The minimum absolute atomic E-state index is 0.0529. The van der Waals surface area contributed by atoms with Gasteiger partial charge in [-0.1, -0.05) is 34.1 Å². The zero-order valence-corrected chi connectivity index (χ0v) is 33.3. The molecule has 13 nitrogen and oxygen atoms in total. The Morgan fingerprint density at radius 1 is 0.655 bits per heavy atom. The number of nitro groups is 1. The summed E-state index contributed by atoms with van der Waals surface area (Å²) in [5.74, 6) is 12.2. The largest absolute Gasteiger partial charge is 0.334 e. The number of nitro benzene ring substituents is 1. The number of hydrogen-bond acceptors (Lipinski definition) is 10. The highest BCUT2D eigenvalue weighted by Gasteiger charge is 2.17. The summed E-state index contributed by atoms with van der Waals surface area (Å²) in [6, 6.07) is 15.4. The molecule has 2 heterocycles. The molecule has 286 valence electrons. The van der Waals surface area contributed by atoms with E-state index in [0.717, 1.165) is 80.3 Å². The summed E-state index contributed by atoms with van der Waals surface area (Å²) in [5.41, 5.74) is 2.53. The number of carbonyl (C=O) groups excluding carboxylic acids is 2. The van der Waals surface area contributed by atoms with Gasteiger partial charge in [0.1, 0.15) is 16.9 Å². The van der Waals surface area contributed by atoms with E-state index in [1.807, 2.05) is 43.8 Å². The Balaban J connectivity index is 1.43. The molecular weight excluding hydrogens is 735 g/mol. The van der Waals surface area contributed by atoms with Crippen LogP contribution in [0, 0.1) is 33.8 Å². The van der Waals surface area contributed by atoms with Gasteiger partial charge in [0, 0.05) is 73.8 Å². The molecule has 2 aliphatic heterocycles. The van der Waals surface area contributed by atoms with E-state index in [2.05, 4.69) is 44.4 Å². The molecule has 0 atom stereocenters. The van der Waals surface area contributed by atoms with Gasteiger partial charge >= 0.3 is 0 Å². The molecule has 2 aliphatic rings. The van der Waals surface area contributed by atoms with Crippen LogP contribution in [0.1, 0.15) is 75.6 Å². The lowest BCUT2D eigenvalue weighted by molar-refractivity contribution is -0.385. The summed E-state index contributed by atoms with van der Waals surface area (Å²) < 4.78 is 0. The first-order chi connectivity index (χ1) is 26.7. The predicted octanol–water partition coefficient (Wildman–Crippen LogP) is 9.69. The highest BCUT2D eigenvalue weighted by molar-refractivity contribution is 8.13. The van der Waals surface area contributed by atoms with Crippen molar-refractivity contribution in [2.24, 2.45) is 20.7 Å². The standard InChI is InChI=1S/C40H45N9O4S2/c1-5-45(6-2)39(50)54-34-21-19-31(36(28-34)41-43-47-23-9-10-24-47)15-13-30-14-16-33(38(27-30)49(52)53)18-17-32-20-22-35(55-40(51)46(7-3)8-4)29-37(32)42-44-48-25-11-12-26-48/h14,16,19-22,27-29H,5-12,23-26H2,1-4H3. The quantitative estimate of drug-likeness (QED) is 0.0616. The van der Waals surface area contributed by atoms with Crippen LogP contribution in [0.3, 0.4) is 0 Å². The fourth-order valence-electron chi connectivity index (χ4n) is 5.76. The van der Waals surface area contributed by atoms with Crippen molar-refractivity contribution in [2.45, 2.75) is 63.2 Å². The van der Waals surface area contributed by atoms with Crippen LogP contribution in [0.4, 0.5) is 26.7 Å². The van der Waals surface area contributed by atoms with Crippen molar-refractivity contribution in [2.75, 3.05) is 52.4 Å². The Kier molecular flexibility index (Phi) is 15.1. The normalized spacial score (nSPS) is 13.8.